The standard InChI is InChI=1S/C19H30N4O4/c1-4-20-18(21-13-14-12-16(26-3)6-7-17(14)24)22-15-8-10-23(11-9-15)19(25)27-5-2/h6-7,12,15,24H,4-5,8-11,13H2,1-3H3,(H2,20,21,22). The Balaban J connectivity index is 1.94. The molecule has 8 heteroatoms. The van der Waals surface area contributed by atoms with Crippen molar-refractivity contribution in [2.24, 2.45) is 4.99 Å². The second-order valence-corrected chi connectivity index (χ2v) is 6.29. The Morgan fingerprint density at radius 1 is 1.33 bits per heavy atom. The number of methoxy groups -OCH3 is 1. The number of phenols is 1. The highest BCUT2D eigenvalue weighted by Crippen LogP contribution is 2.23. The fraction of sp³-hybridized carbons (Fsp3) is 0.579. The van der Waals surface area contributed by atoms with E-state index in [9.17, 15) is 9.90 Å². The van der Waals surface area contributed by atoms with Gasteiger partial charge in [-0.3, -0.25) is 0 Å². The molecule has 1 aromatic carbocycles. The number of hydrogen-bond donors (Lipinski definition) is 3. The van der Waals surface area contributed by atoms with Gasteiger partial charge in [0.25, 0.3) is 0 Å². The van der Waals surface area contributed by atoms with Crippen LogP contribution < -0.4 is 15.4 Å². The number of benzene rings is 1. The van der Waals surface area contributed by atoms with Crippen LogP contribution in [0.2, 0.25) is 0 Å². The number of phenolic OH excluding ortho intramolecular Hbond substituents is 1. The van der Waals surface area contributed by atoms with E-state index >= 15 is 0 Å². The lowest BCUT2D eigenvalue weighted by molar-refractivity contribution is 0.0963. The topological polar surface area (TPSA) is 95.4 Å². The van der Waals surface area contributed by atoms with Gasteiger partial charge in [0.2, 0.25) is 0 Å². The summed E-state index contributed by atoms with van der Waals surface area (Å²) < 4.78 is 10.2. The quantitative estimate of drug-likeness (QED) is 0.518. The lowest BCUT2D eigenvalue weighted by Crippen LogP contribution is -2.49. The van der Waals surface area contributed by atoms with Crippen molar-refractivity contribution in [3.63, 3.8) is 0 Å². The van der Waals surface area contributed by atoms with Crippen molar-refractivity contribution in [1.29, 1.82) is 0 Å². The Hall–Kier alpha value is -2.64. The van der Waals surface area contributed by atoms with Gasteiger partial charge in [0.1, 0.15) is 11.5 Å². The van der Waals surface area contributed by atoms with Gasteiger partial charge in [-0.05, 0) is 44.9 Å². The van der Waals surface area contributed by atoms with Crippen molar-refractivity contribution in [2.45, 2.75) is 39.3 Å². The van der Waals surface area contributed by atoms with Gasteiger partial charge in [0.05, 0.1) is 20.3 Å². The van der Waals surface area contributed by atoms with Gasteiger partial charge in [0, 0.05) is 31.2 Å². The molecule has 150 valence electrons. The molecule has 0 spiro atoms. The third kappa shape index (κ3) is 6.23. The van der Waals surface area contributed by atoms with E-state index in [-0.39, 0.29) is 17.9 Å². The normalized spacial score (nSPS) is 15.4. The number of carbonyl (C=O) groups is 1. The Labute approximate surface area is 160 Å². The van der Waals surface area contributed by atoms with Gasteiger partial charge in [-0.15, -0.1) is 0 Å². The largest absolute Gasteiger partial charge is 0.508 e. The number of aliphatic imine (C=N–C) groups is 1. The van der Waals surface area contributed by atoms with Crippen LogP contribution >= 0.6 is 0 Å². The SMILES string of the molecule is CCNC(=NCc1cc(OC)ccc1O)NC1CCN(C(=O)OCC)CC1. The monoisotopic (exact) mass is 378 g/mol. The Kier molecular flexibility index (Phi) is 8.03. The van der Waals surface area contributed by atoms with Crippen molar-refractivity contribution in [3.05, 3.63) is 23.8 Å². The summed E-state index contributed by atoms with van der Waals surface area (Å²) in [6.45, 7) is 6.59. The number of carbonyl (C=O) groups excluding carboxylic acids is 1. The summed E-state index contributed by atoms with van der Waals surface area (Å²) in [5.41, 5.74) is 0.698. The summed E-state index contributed by atoms with van der Waals surface area (Å²) in [6, 6.07) is 5.32. The van der Waals surface area contributed by atoms with Gasteiger partial charge in [-0.25, -0.2) is 9.79 Å². The van der Waals surface area contributed by atoms with Crippen LogP contribution in [0, 0.1) is 0 Å². The number of nitrogens with zero attached hydrogens (tertiary/aromatic N) is 2. The van der Waals surface area contributed by atoms with Crippen molar-refractivity contribution in [2.75, 3.05) is 33.4 Å². The highest BCUT2D eigenvalue weighted by Gasteiger charge is 2.24. The van der Waals surface area contributed by atoms with Crippen LogP contribution in [0.15, 0.2) is 23.2 Å². The van der Waals surface area contributed by atoms with E-state index in [1.807, 2.05) is 13.8 Å². The number of amides is 1. The molecule has 8 nitrogen and oxygen atoms in total. The van der Waals surface area contributed by atoms with E-state index < -0.39 is 0 Å². The zero-order chi connectivity index (χ0) is 19.6. The number of rotatable bonds is 6. The van der Waals surface area contributed by atoms with E-state index in [4.69, 9.17) is 9.47 Å². The highest BCUT2D eigenvalue weighted by molar-refractivity contribution is 5.80. The number of guanidine groups is 1. The molecular weight excluding hydrogens is 348 g/mol. The van der Waals surface area contributed by atoms with E-state index in [0.717, 1.165) is 19.4 Å². The molecule has 27 heavy (non-hydrogen) atoms. The maximum absolute atomic E-state index is 11.8. The zero-order valence-corrected chi connectivity index (χ0v) is 16.3. The molecule has 1 fully saturated rings. The molecule has 1 aliphatic heterocycles. The molecule has 0 atom stereocenters. The molecule has 1 saturated heterocycles. The third-order valence-electron chi connectivity index (χ3n) is 4.40. The molecule has 1 aromatic rings. The molecule has 0 unspecified atom stereocenters. The van der Waals surface area contributed by atoms with Crippen LogP contribution in [-0.2, 0) is 11.3 Å². The minimum absolute atomic E-state index is 0.193. The fourth-order valence-electron chi connectivity index (χ4n) is 2.91. The summed E-state index contributed by atoms with van der Waals surface area (Å²) in [4.78, 5) is 18.1. The highest BCUT2D eigenvalue weighted by atomic mass is 16.6. The van der Waals surface area contributed by atoms with Gasteiger partial charge in [-0.1, -0.05) is 0 Å². The average Bonchev–Trinajstić information content (AvgIpc) is 2.68. The molecule has 1 heterocycles. The zero-order valence-electron chi connectivity index (χ0n) is 16.3. The number of ether oxygens (including phenoxy) is 2. The maximum atomic E-state index is 11.8. The molecular formula is C19H30N4O4. The lowest BCUT2D eigenvalue weighted by atomic mass is 10.1. The molecule has 3 N–H and O–H groups in total. The van der Waals surface area contributed by atoms with E-state index in [0.29, 0.717) is 43.5 Å². The fourth-order valence-corrected chi connectivity index (χ4v) is 2.91. The predicted molar refractivity (Wildman–Crippen MR) is 104 cm³/mol. The molecule has 0 bridgehead atoms. The van der Waals surface area contributed by atoms with Gasteiger partial charge in [0.15, 0.2) is 5.96 Å². The van der Waals surface area contributed by atoms with E-state index in [2.05, 4.69) is 15.6 Å². The molecule has 2 rings (SSSR count). The van der Waals surface area contributed by atoms with Crippen LogP contribution in [0.1, 0.15) is 32.3 Å². The maximum Gasteiger partial charge on any atom is 0.409 e. The summed E-state index contributed by atoms with van der Waals surface area (Å²) in [7, 11) is 1.59. The molecule has 0 aromatic heterocycles. The Morgan fingerprint density at radius 3 is 2.70 bits per heavy atom. The minimum Gasteiger partial charge on any atom is -0.508 e. The van der Waals surface area contributed by atoms with Gasteiger partial charge < -0.3 is 30.1 Å². The first-order valence-electron chi connectivity index (χ1n) is 9.39. The number of nitrogens with one attached hydrogen (secondary N) is 2. The molecule has 1 aliphatic rings. The smallest absolute Gasteiger partial charge is 0.409 e. The molecule has 0 aliphatic carbocycles. The Bertz CT molecular complexity index is 643. The van der Waals surface area contributed by atoms with Crippen LogP contribution in [0.4, 0.5) is 4.79 Å². The Morgan fingerprint density at radius 2 is 2.07 bits per heavy atom. The van der Waals surface area contributed by atoms with E-state index in [1.54, 1.807) is 30.2 Å². The summed E-state index contributed by atoms with van der Waals surface area (Å²) in [5.74, 6) is 1.56. The first kappa shape index (κ1) is 20.7. The number of likely N-dealkylation sites (tertiary alicyclic amines) is 1. The van der Waals surface area contributed by atoms with Crippen LogP contribution in [0.25, 0.3) is 0 Å². The van der Waals surface area contributed by atoms with Crippen LogP contribution in [0.5, 0.6) is 11.5 Å². The van der Waals surface area contributed by atoms with Gasteiger partial charge in [-0.2, -0.15) is 0 Å². The summed E-state index contributed by atoms with van der Waals surface area (Å²) >= 11 is 0. The molecule has 0 saturated carbocycles. The van der Waals surface area contributed by atoms with Crippen molar-refractivity contribution >= 4 is 12.1 Å². The minimum atomic E-state index is -0.245. The van der Waals surface area contributed by atoms with Crippen LogP contribution in [-0.4, -0.2) is 61.5 Å². The number of hydrogen-bond acceptors (Lipinski definition) is 5. The third-order valence-corrected chi connectivity index (χ3v) is 4.40. The molecule has 0 radical (unpaired) electrons. The van der Waals surface area contributed by atoms with Crippen molar-refractivity contribution in [1.82, 2.24) is 15.5 Å². The number of aromatic hydroxyl groups is 1. The summed E-state index contributed by atoms with van der Waals surface area (Å²) in [6.07, 6.45) is 1.41. The lowest BCUT2D eigenvalue weighted by Gasteiger charge is -2.32. The first-order chi connectivity index (χ1) is 13.1. The second kappa shape index (κ2) is 10.5. The van der Waals surface area contributed by atoms with Gasteiger partial charge >= 0.3 is 6.09 Å². The number of piperidine rings is 1. The molecule has 1 amide bonds. The van der Waals surface area contributed by atoms with Crippen molar-refractivity contribution < 1.29 is 19.4 Å². The van der Waals surface area contributed by atoms with E-state index in [1.165, 1.54) is 0 Å². The predicted octanol–water partition coefficient (Wildman–Crippen LogP) is 2.08. The van der Waals surface area contributed by atoms with Crippen LogP contribution in [0.3, 0.4) is 0 Å². The second-order valence-electron chi connectivity index (χ2n) is 6.29. The van der Waals surface area contributed by atoms with Crippen molar-refractivity contribution in [3.8, 4) is 11.5 Å². The summed E-state index contributed by atoms with van der Waals surface area (Å²) in [5, 5.41) is 16.6. The first-order valence-corrected chi connectivity index (χ1v) is 9.39. The average molecular weight is 378 g/mol.